The van der Waals surface area contributed by atoms with Crippen LogP contribution in [0.3, 0.4) is 0 Å². The SMILES string of the molecule is COC(=O)CC[C@@H](C)[C@H]1CC[C@H]2[C@@H]3CC[C@@H]4C[C@H](O[C@@H]5O[C@H](CO)[C@@H](O)[C@H](O)[C@H]5O)CC[C@]4(C)[C@H]3C[C@H](O)[C@]12C. The average molecular weight is 569 g/mol. The first-order valence-corrected chi connectivity index (χ1v) is 15.7. The van der Waals surface area contributed by atoms with Gasteiger partial charge in [-0.3, -0.25) is 4.79 Å². The Kier molecular flexibility index (Phi) is 8.96. The van der Waals surface area contributed by atoms with Gasteiger partial charge in [-0.15, -0.1) is 0 Å². The van der Waals surface area contributed by atoms with Gasteiger partial charge in [0.1, 0.15) is 24.4 Å². The van der Waals surface area contributed by atoms with Gasteiger partial charge in [0, 0.05) is 6.42 Å². The van der Waals surface area contributed by atoms with E-state index in [1.807, 2.05) is 0 Å². The molecular weight excluding hydrogens is 516 g/mol. The summed E-state index contributed by atoms with van der Waals surface area (Å²) < 4.78 is 16.7. The molecule has 0 bridgehead atoms. The zero-order valence-corrected chi connectivity index (χ0v) is 24.7. The van der Waals surface area contributed by atoms with Gasteiger partial charge in [0.2, 0.25) is 0 Å². The third-order valence-electron chi connectivity index (χ3n) is 12.7. The van der Waals surface area contributed by atoms with E-state index in [1.165, 1.54) is 7.11 Å². The van der Waals surface area contributed by atoms with Gasteiger partial charge >= 0.3 is 5.97 Å². The van der Waals surface area contributed by atoms with Crippen LogP contribution in [0.2, 0.25) is 0 Å². The fourth-order valence-electron chi connectivity index (χ4n) is 10.3. The normalized spacial score (nSPS) is 51.3. The largest absolute Gasteiger partial charge is 0.469 e. The molecule has 1 saturated heterocycles. The lowest BCUT2D eigenvalue weighted by molar-refractivity contribution is -0.316. The highest BCUT2D eigenvalue weighted by atomic mass is 16.7. The minimum absolute atomic E-state index is 0.106. The summed E-state index contributed by atoms with van der Waals surface area (Å²) in [5.41, 5.74) is -0.0155. The molecule has 5 fully saturated rings. The van der Waals surface area contributed by atoms with E-state index in [0.29, 0.717) is 41.9 Å². The first-order chi connectivity index (χ1) is 18.9. The van der Waals surface area contributed by atoms with Crippen LogP contribution in [0, 0.1) is 46.3 Å². The van der Waals surface area contributed by atoms with Crippen LogP contribution in [0.15, 0.2) is 0 Å². The third-order valence-corrected chi connectivity index (χ3v) is 12.7. The number of fused-ring (bicyclic) bond motifs is 5. The molecule has 4 saturated carbocycles. The van der Waals surface area contributed by atoms with Crippen LogP contribution in [-0.4, -0.2) is 88.1 Å². The van der Waals surface area contributed by atoms with Crippen molar-refractivity contribution in [3.05, 3.63) is 0 Å². The lowest BCUT2D eigenvalue weighted by Gasteiger charge is -2.62. The Labute approximate surface area is 238 Å². The molecule has 230 valence electrons. The summed E-state index contributed by atoms with van der Waals surface area (Å²) >= 11 is 0. The van der Waals surface area contributed by atoms with Gasteiger partial charge < -0.3 is 39.7 Å². The van der Waals surface area contributed by atoms with Gasteiger partial charge in [-0.05, 0) is 104 Å². The van der Waals surface area contributed by atoms with Crippen LogP contribution in [0.25, 0.3) is 0 Å². The second-order valence-corrected chi connectivity index (χ2v) is 14.3. The molecule has 5 N–H and O–H groups in total. The molecule has 0 unspecified atom stereocenters. The third kappa shape index (κ3) is 5.05. The molecule has 5 rings (SSSR count). The molecule has 0 aromatic carbocycles. The molecule has 1 heterocycles. The Balaban J connectivity index is 1.25. The standard InChI is InChI=1S/C31H52O9/c1-16(5-10-25(34)38-4)20-8-9-21-19-7-6-17-13-18(39-29-28(37)27(36)26(35)23(15-32)40-29)11-12-30(17,2)22(19)14-24(33)31(20,21)3/h16-24,26-29,32-33,35-37H,5-15H2,1-4H3/t16-,17-,18-,19+,20-,21+,22+,23-,24+,26-,27+,28-,29-,30+,31-/m1/s1. The fraction of sp³-hybridized carbons (Fsp3) is 0.968. The van der Waals surface area contributed by atoms with Crippen molar-refractivity contribution in [3.8, 4) is 0 Å². The van der Waals surface area contributed by atoms with Crippen molar-refractivity contribution in [2.45, 2.75) is 128 Å². The van der Waals surface area contributed by atoms with Crippen molar-refractivity contribution in [2.75, 3.05) is 13.7 Å². The van der Waals surface area contributed by atoms with Crippen LogP contribution in [-0.2, 0) is 19.0 Å². The van der Waals surface area contributed by atoms with Gasteiger partial charge in [0.25, 0.3) is 0 Å². The number of hydrogen-bond donors (Lipinski definition) is 5. The number of esters is 1. The number of methoxy groups -OCH3 is 1. The van der Waals surface area contributed by atoms with E-state index in [1.54, 1.807) is 0 Å². The first-order valence-electron chi connectivity index (χ1n) is 15.7. The molecule has 0 aromatic rings. The van der Waals surface area contributed by atoms with Crippen molar-refractivity contribution in [1.29, 1.82) is 0 Å². The van der Waals surface area contributed by atoms with Gasteiger partial charge in [0.05, 0.1) is 25.9 Å². The van der Waals surface area contributed by atoms with E-state index < -0.39 is 37.3 Å². The minimum atomic E-state index is -1.43. The molecule has 0 aromatic heterocycles. The highest BCUT2D eigenvalue weighted by Gasteiger charge is 2.64. The molecular formula is C31H52O9. The van der Waals surface area contributed by atoms with Gasteiger partial charge in [-0.1, -0.05) is 20.8 Å². The molecule has 0 amide bonds. The van der Waals surface area contributed by atoms with Gasteiger partial charge in [-0.25, -0.2) is 0 Å². The zero-order chi connectivity index (χ0) is 29.0. The van der Waals surface area contributed by atoms with E-state index in [-0.39, 0.29) is 29.0 Å². The van der Waals surface area contributed by atoms with E-state index in [4.69, 9.17) is 14.2 Å². The molecule has 4 aliphatic carbocycles. The molecule has 5 aliphatic rings. The second kappa shape index (κ2) is 11.7. The Morgan fingerprint density at radius 3 is 2.42 bits per heavy atom. The highest BCUT2D eigenvalue weighted by Crippen LogP contribution is 2.68. The first kappa shape index (κ1) is 30.6. The summed E-state index contributed by atoms with van der Waals surface area (Å²) in [6.07, 6.45) is 2.42. The van der Waals surface area contributed by atoms with E-state index in [9.17, 15) is 30.3 Å². The topological polar surface area (TPSA) is 146 Å². The number of carbonyl (C=O) groups excluding carboxylic acids is 1. The number of ether oxygens (including phenoxy) is 3. The zero-order valence-electron chi connectivity index (χ0n) is 24.7. The predicted octanol–water partition coefficient (Wildman–Crippen LogP) is 2.39. The van der Waals surface area contributed by atoms with Crippen molar-refractivity contribution < 1.29 is 44.5 Å². The molecule has 15 atom stereocenters. The summed E-state index contributed by atoms with van der Waals surface area (Å²) in [5, 5.41) is 52.1. The maximum atomic E-state index is 11.8. The Morgan fingerprint density at radius 1 is 0.975 bits per heavy atom. The summed E-state index contributed by atoms with van der Waals surface area (Å²) in [4.78, 5) is 11.8. The van der Waals surface area contributed by atoms with Gasteiger partial charge in [-0.2, -0.15) is 0 Å². The average Bonchev–Trinajstić information content (AvgIpc) is 3.31. The summed E-state index contributed by atoms with van der Waals surface area (Å²) in [6.45, 7) is 6.52. The van der Waals surface area contributed by atoms with Crippen LogP contribution in [0.4, 0.5) is 0 Å². The molecule has 9 nitrogen and oxygen atoms in total. The minimum Gasteiger partial charge on any atom is -0.469 e. The number of carbonyl (C=O) groups is 1. The van der Waals surface area contributed by atoms with Crippen molar-refractivity contribution in [2.24, 2.45) is 46.3 Å². The van der Waals surface area contributed by atoms with Crippen LogP contribution >= 0.6 is 0 Å². The van der Waals surface area contributed by atoms with Crippen LogP contribution in [0.5, 0.6) is 0 Å². The quantitative estimate of drug-likeness (QED) is 0.231. The van der Waals surface area contributed by atoms with Crippen LogP contribution < -0.4 is 0 Å². The second-order valence-electron chi connectivity index (χ2n) is 14.3. The predicted molar refractivity (Wildman–Crippen MR) is 146 cm³/mol. The Hall–Kier alpha value is -0.810. The summed E-state index contributed by atoms with van der Waals surface area (Å²) in [6, 6.07) is 0. The lowest BCUT2D eigenvalue weighted by atomic mass is 9.43. The van der Waals surface area contributed by atoms with Gasteiger partial charge in [0.15, 0.2) is 6.29 Å². The molecule has 0 radical (unpaired) electrons. The molecule has 40 heavy (non-hydrogen) atoms. The summed E-state index contributed by atoms with van der Waals surface area (Å²) in [5.74, 6) is 2.59. The number of rotatable bonds is 7. The fourth-order valence-corrected chi connectivity index (χ4v) is 10.3. The summed E-state index contributed by atoms with van der Waals surface area (Å²) in [7, 11) is 1.44. The van der Waals surface area contributed by atoms with Crippen LogP contribution in [0.1, 0.15) is 85.0 Å². The Bertz CT molecular complexity index is 898. The van der Waals surface area contributed by atoms with E-state index in [2.05, 4.69) is 20.8 Å². The number of aliphatic hydroxyl groups excluding tert-OH is 5. The Morgan fingerprint density at radius 2 is 1.73 bits per heavy atom. The number of aliphatic hydroxyl groups is 5. The lowest BCUT2D eigenvalue weighted by Crippen LogP contribution is -2.61. The van der Waals surface area contributed by atoms with Crippen molar-refractivity contribution in [3.63, 3.8) is 0 Å². The monoisotopic (exact) mass is 568 g/mol. The maximum absolute atomic E-state index is 11.8. The highest BCUT2D eigenvalue weighted by molar-refractivity contribution is 5.69. The smallest absolute Gasteiger partial charge is 0.305 e. The maximum Gasteiger partial charge on any atom is 0.305 e. The van der Waals surface area contributed by atoms with Crippen molar-refractivity contribution >= 4 is 5.97 Å². The number of hydrogen-bond acceptors (Lipinski definition) is 9. The van der Waals surface area contributed by atoms with Crippen molar-refractivity contribution in [1.82, 2.24) is 0 Å². The molecule has 1 aliphatic heterocycles. The molecule has 9 heteroatoms. The van der Waals surface area contributed by atoms with E-state index >= 15 is 0 Å². The van der Waals surface area contributed by atoms with E-state index in [0.717, 1.165) is 57.8 Å². The molecule has 0 spiro atoms.